The van der Waals surface area contributed by atoms with Crippen LogP contribution in [0.25, 0.3) is 0 Å². The number of ether oxygens (including phenoxy) is 1. The fraction of sp³-hybridized carbons (Fsp3) is 0.0714. The van der Waals surface area contributed by atoms with Crippen LogP contribution in [0.2, 0.25) is 0 Å². The van der Waals surface area contributed by atoms with Crippen molar-refractivity contribution in [2.45, 2.75) is 6.61 Å². The second-order valence-corrected chi connectivity index (χ2v) is 4.83. The number of carbonyl (C=O) groups excluding carboxylic acids is 1. The van der Waals surface area contributed by atoms with Gasteiger partial charge in [0, 0.05) is 22.2 Å². The quantitative estimate of drug-likeness (QED) is 0.485. The first kappa shape index (κ1) is 14.2. The minimum atomic E-state index is -0.518. The highest BCUT2D eigenvalue weighted by Gasteiger charge is 2.11. The van der Waals surface area contributed by atoms with Gasteiger partial charge in [0.1, 0.15) is 6.61 Å². The number of nitrogens with zero attached hydrogens (tertiary/aromatic N) is 1. The number of nitro groups is 1. The number of benzene rings is 2. The highest BCUT2D eigenvalue weighted by Crippen LogP contribution is 2.18. The highest BCUT2D eigenvalue weighted by atomic mass is 79.9. The molecule has 0 amide bonds. The molecule has 2 rings (SSSR count). The lowest BCUT2D eigenvalue weighted by Gasteiger charge is -2.06. The molecule has 0 spiro atoms. The zero-order chi connectivity index (χ0) is 14.5. The van der Waals surface area contributed by atoms with Gasteiger partial charge in [-0.15, -0.1) is 0 Å². The highest BCUT2D eigenvalue weighted by molar-refractivity contribution is 9.10. The number of hydrogen-bond donors (Lipinski definition) is 0. The molecule has 0 aliphatic heterocycles. The van der Waals surface area contributed by atoms with E-state index < -0.39 is 10.9 Å². The maximum absolute atomic E-state index is 11.8. The van der Waals surface area contributed by atoms with E-state index in [1.165, 1.54) is 24.3 Å². The van der Waals surface area contributed by atoms with Crippen LogP contribution >= 0.6 is 15.9 Å². The first-order chi connectivity index (χ1) is 9.58. The summed E-state index contributed by atoms with van der Waals surface area (Å²) in [4.78, 5) is 21.8. The van der Waals surface area contributed by atoms with Crippen molar-refractivity contribution in [3.63, 3.8) is 0 Å². The first-order valence-electron chi connectivity index (χ1n) is 5.73. The maximum Gasteiger partial charge on any atom is 0.338 e. The topological polar surface area (TPSA) is 69.4 Å². The average molecular weight is 336 g/mol. The van der Waals surface area contributed by atoms with Gasteiger partial charge >= 0.3 is 5.97 Å². The molecule has 2 aromatic rings. The molecule has 2 aromatic carbocycles. The van der Waals surface area contributed by atoms with Crippen LogP contribution in [0.15, 0.2) is 53.0 Å². The van der Waals surface area contributed by atoms with Gasteiger partial charge in [-0.25, -0.2) is 4.79 Å². The van der Waals surface area contributed by atoms with Gasteiger partial charge in [0.15, 0.2) is 0 Å². The van der Waals surface area contributed by atoms with Crippen molar-refractivity contribution in [2.24, 2.45) is 0 Å². The lowest BCUT2D eigenvalue weighted by Crippen LogP contribution is -2.05. The normalized spacial score (nSPS) is 10.1. The third-order valence-corrected chi connectivity index (χ3v) is 3.40. The van der Waals surface area contributed by atoms with Crippen LogP contribution in [0.3, 0.4) is 0 Å². The number of carbonyl (C=O) groups is 1. The van der Waals surface area contributed by atoms with E-state index >= 15 is 0 Å². The van der Waals surface area contributed by atoms with E-state index in [0.717, 1.165) is 10.0 Å². The van der Waals surface area contributed by atoms with Crippen LogP contribution in [0, 0.1) is 10.1 Å². The van der Waals surface area contributed by atoms with Crippen molar-refractivity contribution < 1.29 is 14.5 Å². The van der Waals surface area contributed by atoms with Crippen molar-refractivity contribution in [3.8, 4) is 0 Å². The number of non-ortho nitro benzene ring substituents is 1. The molecular formula is C14H10BrNO4. The fourth-order valence-corrected chi connectivity index (χ4v) is 1.96. The van der Waals surface area contributed by atoms with E-state index in [4.69, 9.17) is 4.74 Å². The smallest absolute Gasteiger partial charge is 0.338 e. The summed E-state index contributed by atoms with van der Waals surface area (Å²) < 4.78 is 6.01. The van der Waals surface area contributed by atoms with Crippen molar-refractivity contribution >= 4 is 27.6 Å². The standard InChI is InChI=1S/C14H10BrNO4/c15-13-4-2-1-3-11(13)9-20-14(17)10-5-7-12(8-6-10)16(18)19/h1-8H,9H2. The minimum Gasteiger partial charge on any atom is -0.457 e. The van der Waals surface area contributed by atoms with Gasteiger partial charge in [-0.2, -0.15) is 0 Å². The van der Waals surface area contributed by atoms with Crippen LogP contribution in [0.1, 0.15) is 15.9 Å². The summed E-state index contributed by atoms with van der Waals surface area (Å²) in [5, 5.41) is 10.5. The summed E-state index contributed by atoms with van der Waals surface area (Å²) in [5.41, 5.74) is 1.07. The van der Waals surface area contributed by atoms with E-state index in [9.17, 15) is 14.9 Å². The third kappa shape index (κ3) is 3.42. The summed E-state index contributed by atoms with van der Waals surface area (Å²) in [5.74, 6) is -0.518. The largest absolute Gasteiger partial charge is 0.457 e. The monoisotopic (exact) mass is 335 g/mol. The van der Waals surface area contributed by atoms with Crippen LogP contribution in [0.5, 0.6) is 0 Å². The van der Waals surface area contributed by atoms with Gasteiger partial charge < -0.3 is 4.74 Å². The molecule has 0 radical (unpaired) electrons. The van der Waals surface area contributed by atoms with Gasteiger partial charge in [0.25, 0.3) is 5.69 Å². The van der Waals surface area contributed by atoms with E-state index in [-0.39, 0.29) is 17.9 Å². The predicted molar refractivity (Wildman–Crippen MR) is 76.4 cm³/mol. The molecule has 0 atom stereocenters. The lowest BCUT2D eigenvalue weighted by atomic mass is 10.2. The summed E-state index contributed by atoms with van der Waals surface area (Å²) >= 11 is 3.36. The van der Waals surface area contributed by atoms with Crippen molar-refractivity contribution in [2.75, 3.05) is 0 Å². The Morgan fingerprint density at radius 1 is 1.15 bits per heavy atom. The Hall–Kier alpha value is -2.21. The minimum absolute atomic E-state index is 0.0626. The Labute approximate surface area is 123 Å². The summed E-state index contributed by atoms with van der Waals surface area (Å²) in [6.07, 6.45) is 0. The Bertz CT molecular complexity index is 640. The molecule has 0 heterocycles. The van der Waals surface area contributed by atoms with E-state index in [1.807, 2.05) is 24.3 Å². The van der Waals surface area contributed by atoms with Gasteiger partial charge in [0.05, 0.1) is 10.5 Å². The van der Waals surface area contributed by atoms with Gasteiger partial charge in [-0.05, 0) is 18.2 Å². The SMILES string of the molecule is O=C(OCc1ccccc1Br)c1ccc([N+](=O)[O-])cc1. The second-order valence-electron chi connectivity index (χ2n) is 3.97. The van der Waals surface area contributed by atoms with E-state index in [2.05, 4.69) is 15.9 Å². The van der Waals surface area contributed by atoms with Crippen LogP contribution in [0.4, 0.5) is 5.69 Å². The molecule has 0 saturated carbocycles. The Morgan fingerprint density at radius 2 is 1.80 bits per heavy atom. The predicted octanol–water partition coefficient (Wildman–Crippen LogP) is 3.71. The lowest BCUT2D eigenvalue weighted by molar-refractivity contribution is -0.384. The van der Waals surface area contributed by atoms with Crippen molar-refractivity contribution in [3.05, 3.63) is 74.2 Å². The summed E-state index contributed by atoms with van der Waals surface area (Å²) in [6.45, 7) is 0.136. The van der Waals surface area contributed by atoms with Gasteiger partial charge in [-0.3, -0.25) is 10.1 Å². The molecule has 5 nitrogen and oxygen atoms in total. The maximum atomic E-state index is 11.8. The molecule has 0 aliphatic rings. The van der Waals surface area contributed by atoms with Crippen LogP contribution in [-0.2, 0) is 11.3 Å². The zero-order valence-corrected chi connectivity index (χ0v) is 11.9. The molecule has 0 fully saturated rings. The molecule has 6 heteroatoms. The molecule has 0 aromatic heterocycles. The Balaban J connectivity index is 2.02. The Morgan fingerprint density at radius 3 is 2.40 bits per heavy atom. The molecule has 0 saturated heterocycles. The molecule has 0 unspecified atom stereocenters. The van der Waals surface area contributed by atoms with E-state index in [0.29, 0.717) is 0 Å². The van der Waals surface area contributed by atoms with Crippen molar-refractivity contribution in [1.29, 1.82) is 0 Å². The molecule has 0 N–H and O–H groups in total. The van der Waals surface area contributed by atoms with E-state index in [1.54, 1.807) is 0 Å². The molecule has 0 bridgehead atoms. The molecule has 0 aliphatic carbocycles. The molecular weight excluding hydrogens is 326 g/mol. The average Bonchev–Trinajstić information content (AvgIpc) is 2.46. The number of esters is 1. The third-order valence-electron chi connectivity index (χ3n) is 2.63. The number of halogens is 1. The first-order valence-corrected chi connectivity index (χ1v) is 6.52. The summed E-state index contributed by atoms with van der Waals surface area (Å²) in [7, 11) is 0. The van der Waals surface area contributed by atoms with Crippen molar-refractivity contribution in [1.82, 2.24) is 0 Å². The van der Waals surface area contributed by atoms with Gasteiger partial charge in [0.2, 0.25) is 0 Å². The fourth-order valence-electron chi connectivity index (χ4n) is 1.56. The number of nitro benzene ring substituents is 1. The van der Waals surface area contributed by atoms with Gasteiger partial charge in [-0.1, -0.05) is 34.1 Å². The Kier molecular flexibility index (Phi) is 4.47. The van der Waals surface area contributed by atoms with Crippen LogP contribution in [-0.4, -0.2) is 10.9 Å². The van der Waals surface area contributed by atoms with Crippen LogP contribution < -0.4 is 0 Å². The second kappa shape index (κ2) is 6.29. The molecule has 20 heavy (non-hydrogen) atoms. The number of hydrogen-bond acceptors (Lipinski definition) is 4. The summed E-state index contributed by atoms with van der Waals surface area (Å²) in [6, 6.07) is 12.7. The molecule has 102 valence electrons. The number of rotatable bonds is 4. The zero-order valence-electron chi connectivity index (χ0n) is 10.3.